The third-order valence-electron chi connectivity index (χ3n) is 1.77. The molecule has 0 radical (unpaired) electrons. The minimum absolute atomic E-state index is 0.490. The average Bonchev–Trinajstić information content (AvgIpc) is 2.52. The fourth-order valence-corrected chi connectivity index (χ4v) is 2.20. The van der Waals surface area contributed by atoms with Gasteiger partial charge in [-0.05, 0) is 27.1 Å². The number of thiazole rings is 1. The quantitative estimate of drug-likeness (QED) is 0.754. The Morgan fingerprint density at radius 2 is 2.36 bits per heavy atom. The van der Waals surface area contributed by atoms with Crippen LogP contribution in [-0.4, -0.2) is 35.6 Å². The van der Waals surface area contributed by atoms with Gasteiger partial charge in [0.25, 0.3) is 0 Å². The number of nitrogens with two attached hydrogens (primary N) is 1. The first-order chi connectivity index (χ1) is 6.63. The molecule has 3 N–H and O–H groups in total. The third-order valence-corrected chi connectivity index (χ3v) is 2.85. The predicted molar refractivity (Wildman–Crippen MR) is 58.1 cm³/mol. The topological polar surface area (TPSA) is 62.4 Å². The molecule has 0 aliphatic rings. The maximum Gasteiger partial charge on any atom is 0.122 e. The second kappa shape index (κ2) is 5.41. The molecule has 80 valence electrons. The van der Waals surface area contributed by atoms with Crippen molar-refractivity contribution in [1.29, 1.82) is 0 Å². The van der Waals surface area contributed by atoms with Crippen LogP contribution in [0.3, 0.4) is 0 Å². The van der Waals surface area contributed by atoms with Crippen LogP contribution in [0.5, 0.6) is 0 Å². The maximum absolute atomic E-state index is 9.62. The van der Waals surface area contributed by atoms with Crippen molar-refractivity contribution in [2.75, 3.05) is 20.6 Å². The summed E-state index contributed by atoms with van der Waals surface area (Å²) < 4.78 is 0. The average molecular weight is 215 g/mol. The molecule has 14 heavy (non-hydrogen) atoms. The van der Waals surface area contributed by atoms with Crippen molar-refractivity contribution in [2.45, 2.75) is 19.1 Å². The van der Waals surface area contributed by atoms with Gasteiger partial charge >= 0.3 is 0 Å². The summed E-state index contributed by atoms with van der Waals surface area (Å²) in [5, 5.41) is 10.4. The van der Waals surface area contributed by atoms with Gasteiger partial charge in [-0.15, -0.1) is 11.3 Å². The number of aromatic nitrogens is 1. The molecular formula is C9H17N3OS. The van der Waals surface area contributed by atoms with Gasteiger partial charge in [0.2, 0.25) is 0 Å². The van der Waals surface area contributed by atoms with E-state index in [2.05, 4.69) is 9.88 Å². The molecule has 4 nitrogen and oxygen atoms in total. The van der Waals surface area contributed by atoms with Crippen LogP contribution in [0, 0.1) is 0 Å². The lowest BCUT2D eigenvalue weighted by Crippen LogP contribution is -2.09. The highest BCUT2D eigenvalue weighted by atomic mass is 32.1. The van der Waals surface area contributed by atoms with E-state index in [0.717, 1.165) is 11.6 Å². The number of hydrogen-bond donors (Lipinski definition) is 2. The highest BCUT2D eigenvalue weighted by molar-refractivity contribution is 7.11. The SMILES string of the molecule is CN(C)Cc1cnc([C@H](O)CCN)s1. The van der Waals surface area contributed by atoms with Crippen LogP contribution in [0.2, 0.25) is 0 Å². The molecule has 0 fully saturated rings. The van der Waals surface area contributed by atoms with Gasteiger partial charge < -0.3 is 15.7 Å². The number of hydrogen-bond acceptors (Lipinski definition) is 5. The first kappa shape index (κ1) is 11.6. The zero-order valence-corrected chi connectivity index (χ0v) is 9.42. The van der Waals surface area contributed by atoms with E-state index in [9.17, 15) is 5.11 Å². The molecule has 0 aliphatic heterocycles. The van der Waals surface area contributed by atoms with E-state index in [-0.39, 0.29) is 0 Å². The summed E-state index contributed by atoms with van der Waals surface area (Å²) in [5.41, 5.74) is 5.36. The van der Waals surface area contributed by atoms with Gasteiger partial charge in [-0.1, -0.05) is 0 Å². The maximum atomic E-state index is 9.62. The van der Waals surface area contributed by atoms with Crippen LogP contribution >= 0.6 is 11.3 Å². The van der Waals surface area contributed by atoms with E-state index >= 15 is 0 Å². The molecule has 0 spiro atoms. The summed E-state index contributed by atoms with van der Waals surface area (Å²) in [6.45, 7) is 1.36. The van der Waals surface area contributed by atoms with E-state index < -0.39 is 6.10 Å². The van der Waals surface area contributed by atoms with Gasteiger partial charge in [0.1, 0.15) is 11.1 Å². The molecular weight excluding hydrogens is 198 g/mol. The zero-order valence-electron chi connectivity index (χ0n) is 8.60. The van der Waals surface area contributed by atoms with Crippen LogP contribution in [0.15, 0.2) is 6.20 Å². The fourth-order valence-electron chi connectivity index (χ4n) is 1.14. The molecule has 0 saturated heterocycles. The van der Waals surface area contributed by atoms with Crippen molar-refractivity contribution in [1.82, 2.24) is 9.88 Å². The highest BCUT2D eigenvalue weighted by Crippen LogP contribution is 2.22. The molecule has 0 aromatic carbocycles. The van der Waals surface area contributed by atoms with Crippen LogP contribution in [0.1, 0.15) is 22.4 Å². The summed E-state index contributed by atoms with van der Waals surface area (Å²) in [6, 6.07) is 0. The number of aliphatic hydroxyl groups is 1. The first-order valence-corrected chi connectivity index (χ1v) is 5.42. The lowest BCUT2D eigenvalue weighted by Gasteiger charge is -2.06. The molecule has 5 heteroatoms. The van der Waals surface area contributed by atoms with Crippen molar-refractivity contribution in [3.8, 4) is 0 Å². The predicted octanol–water partition coefficient (Wildman–Crippen LogP) is 0.587. The van der Waals surface area contributed by atoms with Gasteiger partial charge in [0, 0.05) is 17.6 Å². The first-order valence-electron chi connectivity index (χ1n) is 4.61. The van der Waals surface area contributed by atoms with Crippen LogP contribution in [-0.2, 0) is 6.54 Å². The molecule has 0 saturated carbocycles. The van der Waals surface area contributed by atoms with E-state index in [1.165, 1.54) is 4.88 Å². The summed E-state index contributed by atoms with van der Waals surface area (Å²) >= 11 is 1.55. The van der Waals surface area contributed by atoms with Crippen LogP contribution < -0.4 is 5.73 Å². The molecule has 1 rings (SSSR count). The molecule has 0 aliphatic carbocycles. The highest BCUT2D eigenvalue weighted by Gasteiger charge is 2.11. The molecule has 0 bridgehead atoms. The van der Waals surface area contributed by atoms with Crippen LogP contribution in [0.25, 0.3) is 0 Å². The van der Waals surface area contributed by atoms with Gasteiger partial charge in [-0.25, -0.2) is 4.98 Å². The summed E-state index contributed by atoms with van der Waals surface area (Å²) in [6.07, 6.45) is 1.90. The summed E-state index contributed by atoms with van der Waals surface area (Å²) in [5.74, 6) is 0. The Hall–Kier alpha value is -0.490. The molecule has 0 unspecified atom stereocenters. The minimum atomic E-state index is -0.499. The van der Waals surface area contributed by atoms with E-state index in [1.54, 1.807) is 11.3 Å². The molecule has 1 aromatic rings. The van der Waals surface area contributed by atoms with Gasteiger partial charge in [-0.2, -0.15) is 0 Å². The van der Waals surface area contributed by atoms with Gasteiger partial charge in [-0.3, -0.25) is 0 Å². The lowest BCUT2D eigenvalue weighted by molar-refractivity contribution is 0.170. The number of rotatable bonds is 5. The Morgan fingerprint density at radius 1 is 1.64 bits per heavy atom. The fraction of sp³-hybridized carbons (Fsp3) is 0.667. The summed E-state index contributed by atoms with van der Waals surface area (Å²) in [4.78, 5) is 7.42. The third kappa shape index (κ3) is 3.34. The Morgan fingerprint density at radius 3 is 2.93 bits per heavy atom. The largest absolute Gasteiger partial charge is 0.386 e. The smallest absolute Gasteiger partial charge is 0.122 e. The van der Waals surface area contributed by atoms with Gasteiger partial charge in [0.15, 0.2) is 0 Å². The Balaban J connectivity index is 2.58. The number of nitrogens with zero attached hydrogens (tertiary/aromatic N) is 2. The normalized spacial score (nSPS) is 13.5. The van der Waals surface area contributed by atoms with Gasteiger partial charge in [0.05, 0.1) is 0 Å². The summed E-state index contributed by atoms with van der Waals surface area (Å²) in [7, 11) is 4.02. The van der Waals surface area contributed by atoms with Crippen molar-refractivity contribution in [3.63, 3.8) is 0 Å². The second-order valence-electron chi connectivity index (χ2n) is 3.50. The molecule has 1 heterocycles. The van der Waals surface area contributed by atoms with Crippen molar-refractivity contribution in [3.05, 3.63) is 16.1 Å². The number of aliphatic hydroxyl groups excluding tert-OH is 1. The molecule has 1 atom stereocenters. The van der Waals surface area contributed by atoms with E-state index in [0.29, 0.717) is 13.0 Å². The lowest BCUT2D eigenvalue weighted by atomic mass is 10.3. The second-order valence-corrected chi connectivity index (χ2v) is 4.64. The van der Waals surface area contributed by atoms with Crippen LogP contribution in [0.4, 0.5) is 0 Å². The van der Waals surface area contributed by atoms with E-state index in [4.69, 9.17) is 5.73 Å². The van der Waals surface area contributed by atoms with E-state index in [1.807, 2.05) is 20.3 Å². The molecule has 0 amide bonds. The Labute approximate surface area is 88.4 Å². The monoisotopic (exact) mass is 215 g/mol. The van der Waals surface area contributed by atoms with Crippen molar-refractivity contribution >= 4 is 11.3 Å². The standard InChI is InChI=1S/C9H17N3OS/c1-12(2)6-7-5-11-9(14-7)8(13)3-4-10/h5,8,13H,3-4,6,10H2,1-2H3/t8-/m1/s1. The zero-order chi connectivity index (χ0) is 10.6. The molecule has 1 aromatic heterocycles. The van der Waals surface area contributed by atoms with Crippen molar-refractivity contribution in [2.24, 2.45) is 5.73 Å². The Kier molecular flexibility index (Phi) is 4.47. The minimum Gasteiger partial charge on any atom is -0.386 e. The van der Waals surface area contributed by atoms with Crippen molar-refractivity contribution < 1.29 is 5.11 Å². The Bertz CT molecular complexity index is 275.